The Kier molecular flexibility index (Phi) is 41.7. The maximum atomic E-state index is 15.1. The van der Waals surface area contributed by atoms with E-state index in [0.29, 0.717) is 34.0 Å². The van der Waals surface area contributed by atoms with Crippen molar-refractivity contribution in [2.45, 2.75) is 209 Å². The summed E-state index contributed by atoms with van der Waals surface area (Å²) in [5.74, 6) is -17.2. The third-order valence-electron chi connectivity index (χ3n) is 19.4. The fraction of sp³-hybridized carbons (Fsp3) is 0.519. The van der Waals surface area contributed by atoms with Gasteiger partial charge in [-0.15, -0.1) is 0 Å². The highest BCUT2D eigenvalue weighted by atomic mass is 32.1. The summed E-state index contributed by atoms with van der Waals surface area (Å²) in [4.78, 5) is 226. The van der Waals surface area contributed by atoms with Crippen molar-refractivity contribution in [1.82, 2.24) is 84.3 Å². The van der Waals surface area contributed by atoms with Gasteiger partial charge >= 0.3 is 11.9 Å². The normalized spacial score (nSPS) is 15.4. The highest BCUT2D eigenvalue weighted by Gasteiger charge is 2.40. The molecule has 0 radical (unpaired) electrons. The number of hydrogen-bond acceptors (Lipinski definition) is 21. The maximum absolute atomic E-state index is 15.1. The van der Waals surface area contributed by atoms with E-state index in [1.165, 1.54) is 11.8 Å². The first-order valence-electron chi connectivity index (χ1n) is 39.8. The molecule has 3 aromatic carbocycles. The van der Waals surface area contributed by atoms with Gasteiger partial charge < -0.3 is 117 Å². The lowest BCUT2D eigenvalue weighted by atomic mass is 9.99. The quantitative estimate of drug-likeness (QED) is 0.00890. The third-order valence-corrected chi connectivity index (χ3v) is 20.2. The minimum Gasteiger partial charge on any atom is -0.481 e. The van der Waals surface area contributed by atoms with Crippen molar-refractivity contribution in [2.24, 2.45) is 34.8 Å². The number of aromatic amines is 1. The Hall–Kier alpha value is -12.1. The smallest absolute Gasteiger partial charge is 0.326 e. The molecule has 1 fully saturated rings. The zero-order valence-corrected chi connectivity index (χ0v) is 70.0. The fourth-order valence-corrected chi connectivity index (χ4v) is 13.5. The number of nitrogens with zero attached hydrogens (tertiary/aromatic N) is 1. The number of guanidine groups is 2. The number of hydrogen-bond donors (Lipinski definition) is 25. The van der Waals surface area contributed by atoms with Crippen LogP contribution in [0.5, 0.6) is 0 Å². The Morgan fingerprint density at radius 1 is 0.471 bits per heavy atom. The van der Waals surface area contributed by atoms with Gasteiger partial charge in [-0.05, 0) is 106 Å². The first-order chi connectivity index (χ1) is 57.4. The molecule has 0 saturated carbocycles. The van der Waals surface area contributed by atoms with Gasteiger partial charge in [-0.1, -0.05) is 107 Å². The average molecular weight is 1730 g/mol. The summed E-state index contributed by atoms with van der Waals surface area (Å²) in [5.41, 5.74) is 24.5. The molecule has 1 aliphatic heterocycles. The Labute approximate surface area is 711 Å². The number of carboxylic acids is 2. The predicted molar refractivity (Wildman–Crippen MR) is 453 cm³/mol. The number of nitrogens with one attached hydrogen (secondary N) is 17. The number of thiol groups is 2. The van der Waals surface area contributed by atoms with E-state index in [0.717, 1.165) is 0 Å². The van der Waals surface area contributed by atoms with Crippen LogP contribution in [0.15, 0.2) is 91.1 Å². The third kappa shape index (κ3) is 34.7. The zero-order chi connectivity index (χ0) is 89.6. The molecule has 0 unspecified atom stereocenters. The Balaban J connectivity index is 1.35. The molecule has 27 N–H and O–H groups in total. The van der Waals surface area contributed by atoms with E-state index in [1.54, 1.807) is 119 Å². The topological polar surface area (TPSA) is 653 Å². The fourth-order valence-electron chi connectivity index (χ4n) is 13.1. The van der Waals surface area contributed by atoms with Crippen molar-refractivity contribution in [2.75, 3.05) is 37.7 Å². The van der Waals surface area contributed by atoms with Crippen LogP contribution in [0.1, 0.15) is 128 Å². The van der Waals surface area contributed by atoms with Gasteiger partial charge in [0.25, 0.3) is 0 Å². The number of carbonyl (C=O) groups excluding carboxylic acids is 14. The van der Waals surface area contributed by atoms with Crippen LogP contribution >= 0.6 is 25.3 Å². The first kappa shape index (κ1) is 99.5. The number of nitrogens with two attached hydrogens (primary N) is 4. The van der Waals surface area contributed by atoms with Gasteiger partial charge in [0.2, 0.25) is 82.7 Å². The molecule has 5 rings (SSSR count). The molecule has 1 aliphatic rings. The van der Waals surface area contributed by atoms with Gasteiger partial charge in [-0.25, -0.2) is 4.79 Å². The molecule has 2 heterocycles. The molecule has 13 atom stereocenters. The van der Waals surface area contributed by atoms with E-state index in [9.17, 15) is 82.1 Å². The molecule has 662 valence electrons. The van der Waals surface area contributed by atoms with Crippen LogP contribution in [-0.2, 0) is 96.0 Å². The van der Waals surface area contributed by atoms with E-state index in [2.05, 4.69) is 105 Å². The van der Waals surface area contributed by atoms with Crippen molar-refractivity contribution >= 4 is 143 Å². The number of benzene rings is 3. The van der Waals surface area contributed by atoms with Crippen LogP contribution in [0.25, 0.3) is 10.9 Å². The number of primary amides is 1. The number of carboxylic acid groups (broad SMARTS) is 2. The van der Waals surface area contributed by atoms with Crippen molar-refractivity contribution in [3.63, 3.8) is 0 Å². The second-order valence-electron chi connectivity index (χ2n) is 30.2. The van der Waals surface area contributed by atoms with Crippen LogP contribution in [0.2, 0.25) is 0 Å². The number of likely N-dealkylation sites (tertiary alicyclic amines) is 1. The monoisotopic (exact) mass is 1720 g/mol. The zero-order valence-electron chi connectivity index (χ0n) is 68.2. The highest BCUT2D eigenvalue weighted by Crippen LogP contribution is 2.22. The number of carbonyl (C=O) groups is 16. The van der Waals surface area contributed by atoms with E-state index >= 15 is 4.79 Å². The van der Waals surface area contributed by atoms with E-state index < -0.39 is 217 Å². The molecule has 0 spiro atoms. The molecule has 0 aliphatic carbocycles. The Morgan fingerprint density at radius 2 is 0.884 bits per heavy atom. The van der Waals surface area contributed by atoms with Gasteiger partial charge in [0.1, 0.15) is 72.5 Å². The molecular weight excluding hydrogens is 1610 g/mol. The summed E-state index contributed by atoms with van der Waals surface area (Å²) in [5, 5.41) is 71.8. The summed E-state index contributed by atoms with van der Waals surface area (Å²) >= 11 is 8.38. The molecule has 14 amide bonds. The minimum absolute atomic E-state index is 0.00206. The second-order valence-corrected chi connectivity index (χ2v) is 31.0. The number of para-hydroxylation sites is 1. The van der Waals surface area contributed by atoms with Crippen LogP contribution in [0.4, 0.5) is 0 Å². The van der Waals surface area contributed by atoms with Gasteiger partial charge in [-0.3, -0.25) is 82.7 Å². The summed E-state index contributed by atoms with van der Waals surface area (Å²) in [6.45, 7) is 7.88. The molecule has 4 aromatic rings. The largest absolute Gasteiger partial charge is 0.481 e. The van der Waals surface area contributed by atoms with Gasteiger partial charge in [-0.2, -0.15) is 25.3 Å². The lowest BCUT2D eigenvalue weighted by Gasteiger charge is -2.29. The number of amides is 14. The Bertz CT molecular complexity index is 4260. The van der Waals surface area contributed by atoms with E-state index in [4.69, 9.17) is 33.8 Å². The van der Waals surface area contributed by atoms with Crippen molar-refractivity contribution < 1.29 is 86.9 Å². The number of aliphatic carboxylic acids is 2. The summed E-state index contributed by atoms with van der Waals surface area (Å²) < 4.78 is 0. The van der Waals surface area contributed by atoms with Crippen LogP contribution in [-0.4, -0.2) is 243 Å². The summed E-state index contributed by atoms with van der Waals surface area (Å²) in [6, 6.07) is 5.18. The number of H-pyrrole nitrogens is 1. The van der Waals surface area contributed by atoms with Gasteiger partial charge in [0, 0.05) is 80.3 Å². The molecule has 1 saturated heterocycles. The molecule has 1 aromatic heterocycles. The van der Waals surface area contributed by atoms with Crippen molar-refractivity contribution in [3.8, 4) is 0 Å². The number of rotatable bonds is 52. The standard InChI is InChI=1S/C79H116N22O18S2/c1-42(2)33-55(72(113)100-60(41-121)75(116)94-54(27-29-64(104)105)69(110)92-52(24-15-31-87-79(84)85)68(109)96-57(35-45-17-8-6-9-18-45)73(114)99-59(77(118)119)36-46-19-10-7-11-20-46)95-74(115)58(37-47-38-88-50-22-13-12-21-48(47)50)97-70(111)53(26-28-62(81)102)93-71(112)56(34-43(3)4)98-76(117)61-25-16-32-101(61)63(103)39-89-65(106)44(5)90-67(108)51(23-14-30-86-78(82)83)91-66(107)49(80)40-120/h6-13,17-22,38,42-44,49,51-61,88,120-121H,14-16,23-37,39-41,80H2,1-5H3,(H2,81,102)(H,89,106)(H,90,108)(H,91,107)(H,92,110)(H,93,112)(H,94,116)(H,95,115)(H,96,109)(H,97,111)(H,98,117)(H,99,114)(H,100,113)(H,104,105)(H,118,119)(H4,82,83,86)(H4,84,85,87)/t44-,49-,51-,52-,53-,54-,55-,56-,57-,58-,59-,60-,61-/m0/s1. The van der Waals surface area contributed by atoms with Crippen LogP contribution in [0, 0.1) is 22.7 Å². The number of fused-ring (bicyclic) bond motifs is 1. The van der Waals surface area contributed by atoms with Gasteiger partial charge in [0.15, 0.2) is 11.9 Å². The van der Waals surface area contributed by atoms with Crippen LogP contribution in [0.3, 0.4) is 0 Å². The lowest BCUT2D eigenvalue weighted by Crippen LogP contribution is -2.61. The summed E-state index contributed by atoms with van der Waals surface area (Å²) in [6.07, 6.45) is -0.790. The molecule has 0 bridgehead atoms. The van der Waals surface area contributed by atoms with E-state index in [-0.39, 0.29) is 107 Å². The molecule has 40 nitrogen and oxygen atoms in total. The van der Waals surface area contributed by atoms with Crippen LogP contribution < -0.4 is 97.4 Å². The summed E-state index contributed by atoms with van der Waals surface area (Å²) in [7, 11) is 0. The maximum Gasteiger partial charge on any atom is 0.326 e. The molecular formula is C79H116N22O18S2. The highest BCUT2D eigenvalue weighted by molar-refractivity contribution is 7.80. The van der Waals surface area contributed by atoms with Crippen molar-refractivity contribution in [3.05, 3.63) is 108 Å². The predicted octanol–water partition coefficient (Wildman–Crippen LogP) is -3.32. The van der Waals surface area contributed by atoms with E-state index in [1.807, 2.05) is 0 Å². The van der Waals surface area contributed by atoms with Crippen molar-refractivity contribution in [1.29, 1.82) is 10.8 Å². The molecule has 42 heteroatoms. The second kappa shape index (κ2) is 50.7. The first-order valence-corrected chi connectivity index (χ1v) is 41.0. The molecule has 121 heavy (non-hydrogen) atoms. The lowest BCUT2D eigenvalue weighted by molar-refractivity contribution is -0.142. The Morgan fingerprint density at radius 3 is 1.37 bits per heavy atom. The van der Waals surface area contributed by atoms with Gasteiger partial charge in [0.05, 0.1) is 12.6 Å². The average Bonchev–Trinajstić information content (AvgIpc) is 1.71. The minimum atomic E-state index is -1.76. The SMILES string of the molecule is CC(C)C[C@H](NC(=O)[C@H](Cc1c[nH]c2ccccc12)NC(=O)[C@H](CCC(N)=O)NC(=O)[C@H](CC(C)C)NC(=O)[C@@H]1CCCN1C(=O)CNC(=O)[C@H](C)NC(=O)[C@H](CCCNC(=N)N)NC(=O)[C@@H](N)CS)C(=O)N[C@@H](CS)C(=O)N[C@@H](CCC(=O)O)C(=O)N[C@@H](CCCNC(=N)N)C(=O)N[C@@H](Cc1ccccc1)C(=O)N[C@@H](Cc1ccccc1)C(=O)O. The number of aromatic nitrogens is 1.